The van der Waals surface area contributed by atoms with E-state index in [1.165, 1.54) is 6.33 Å². The summed E-state index contributed by atoms with van der Waals surface area (Å²) in [4.78, 5) is 35.4. The Morgan fingerprint density at radius 2 is 1.81 bits per heavy atom. The lowest BCUT2D eigenvalue weighted by Crippen LogP contribution is -2.45. The zero-order valence-electron chi connectivity index (χ0n) is 15.2. The molecule has 0 atom stereocenters. The minimum absolute atomic E-state index is 0.0515. The van der Waals surface area contributed by atoms with Gasteiger partial charge in [-0.1, -0.05) is 17.7 Å². The van der Waals surface area contributed by atoms with Gasteiger partial charge in [0.25, 0.3) is 5.91 Å². The quantitative estimate of drug-likeness (QED) is 0.595. The molecule has 1 amide bonds. The number of nitrogens with one attached hydrogen (secondary N) is 2. The predicted molar refractivity (Wildman–Crippen MR) is 101 cm³/mol. The Hall–Kier alpha value is -3.27. The predicted octanol–water partition coefficient (Wildman–Crippen LogP) is 1.20. The summed E-state index contributed by atoms with van der Waals surface area (Å²) in [6, 6.07) is 6.98. The number of hydrogen-bond donors (Lipinski definition) is 2. The van der Waals surface area contributed by atoms with Gasteiger partial charge in [-0.3, -0.25) is 25.8 Å². The van der Waals surface area contributed by atoms with E-state index in [0.29, 0.717) is 18.7 Å². The third-order valence-electron chi connectivity index (χ3n) is 4.40. The van der Waals surface area contributed by atoms with Gasteiger partial charge in [0.15, 0.2) is 0 Å². The lowest BCUT2D eigenvalue weighted by atomic mass is 10.1. The van der Waals surface area contributed by atoms with Crippen molar-refractivity contribution in [1.82, 2.24) is 20.3 Å². The van der Waals surface area contributed by atoms with Crippen LogP contribution in [0.2, 0.25) is 0 Å². The topological polar surface area (TPSA) is 117 Å². The van der Waals surface area contributed by atoms with Gasteiger partial charge in [0.1, 0.15) is 6.33 Å². The number of aromatic nitrogens is 2. The fourth-order valence-electron chi connectivity index (χ4n) is 2.77. The van der Waals surface area contributed by atoms with Crippen molar-refractivity contribution >= 4 is 23.2 Å². The first-order chi connectivity index (χ1) is 13.0. The molecule has 1 aliphatic rings. The minimum atomic E-state index is -0.534. The Morgan fingerprint density at radius 3 is 2.44 bits per heavy atom. The SMILES string of the molecule is Cc1ccc(C(=O)NNc2ncnc(N3CCN(C)CC3)c2[N+](=O)[O-])cc1. The van der Waals surface area contributed by atoms with Crippen molar-refractivity contribution in [1.29, 1.82) is 0 Å². The number of amides is 1. The summed E-state index contributed by atoms with van der Waals surface area (Å²) < 4.78 is 0. The molecule has 0 saturated carbocycles. The van der Waals surface area contributed by atoms with Gasteiger partial charge < -0.3 is 9.80 Å². The molecule has 0 bridgehead atoms. The van der Waals surface area contributed by atoms with Crippen LogP contribution in [0.4, 0.5) is 17.3 Å². The molecule has 0 radical (unpaired) electrons. The highest BCUT2D eigenvalue weighted by molar-refractivity contribution is 5.95. The number of benzene rings is 1. The van der Waals surface area contributed by atoms with Crippen LogP contribution < -0.4 is 15.8 Å². The second-order valence-electron chi connectivity index (χ2n) is 6.39. The fraction of sp³-hybridized carbons (Fsp3) is 0.353. The number of hydrogen-bond acceptors (Lipinski definition) is 8. The zero-order chi connectivity index (χ0) is 19.4. The molecule has 2 heterocycles. The zero-order valence-corrected chi connectivity index (χ0v) is 15.2. The molecular formula is C17H21N7O3. The molecule has 2 N–H and O–H groups in total. The number of anilines is 2. The van der Waals surface area contributed by atoms with E-state index in [-0.39, 0.29) is 17.3 Å². The maximum atomic E-state index is 12.2. The van der Waals surface area contributed by atoms with Crippen molar-refractivity contribution in [3.05, 3.63) is 51.8 Å². The molecule has 1 saturated heterocycles. The van der Waals surface area contributed by atoms with Crippen LogP contribution in [0.25, 0.3) is 0 Å². The summed E-state index contributed by atoms with van der Waals surface area (Å²) in [6.45, 7) is 4.75. The number of carbonyl (C=O) groups excluding carboxylic acids is 1. The van der Waals surface area contributed by atoms with Gasteiger partial charge in [0.2, 0.25) is 11.6 Å². The number of piperazine rings is 1. The lowest BCUT2D eigenvalue weighted by Gasteiger charge is -2.32. The molecule has 0 aliphatic carbocycles. The van der Waals surface area contributed by atoms with E-state index in [4.69, 9.17) is 0 Å². The lowest BCUT2D eigenvalue weighted by molar-refractivity contribution is -0.383. The normalized spacial score (nSPS) is 14.7. The van der Waals surface area contributed by atoms with Crippen LogP contribution in [0.15, 0.2) is 30.6 Å². The number of likely N-dealkylation sites (N-methyl/N-ethyl adjacent to an activating group) is 1. The van der Waals surface area contributed by atoms with E-state index < -0.39 is 10.8 Å². The van der Waals surface area contributed by atoms with Crippen molar-refractivity contribution in [2.45, 2.75) is 6.92 Å². The summed E-state index contributed by atoms with van der Waals surface area (Å²) in [5.74, 6) is -0.219. The number of rotatable bonds is 5. The van der Waals surface area contributed by atoms with Gasteiger partial charge in [-0.2, -0.15) is 0 Å². The van der Waals surface area contributed by atoms with Crippen molar-refractivity contribution in [3.8, 4) is 0 Å². The second-order valence-corrected chi connectivity index (χ2v) is 6.39. The van der Waals surface area contributed by atoms with Crippen LogP contribution in [0, 0.1) is 17.0 Å². The van der Waals surface area contributed by atoms with Crippen LogP contribution in [0.3, 0.4) is 0 Å². The maximum absolute atomic E-state index is 12.2. The van der Waals surface area contributed by atoms with Crippen LogP contribution in [0.5, 0.6) is 0 Å². The maximum Gasteiger partial charge on any atom is 0.355 e. The van der Waals surface area contributed by atoms with Gasteiger partial charge in [-0.15, -0.1) is 0 Å². The molecular weight excluding hydrogens is 350 g/mol. The molecule has 1 aromatic carbocycles. The molecule has 1 aliphatic heterocycles. The summed E-state index contributed by atoms with van der Waals surface area (Å²) in [5, 5.41) is 11.6. The highest BCUT2D eigenvalue weighted by atomic mass is 16.6. The van der Waals surface area contributed by atoms with Gasteiger partial charge >= 0.3 is 5.69 Å². The Bertz CT molecular complexity index is 833. The van der Waals surface area contributed by atoms with Gasteiger partial charge in [-0.25, -0.2) is 9.97 Å². The van der Waals surface area contributed by atoms with E-state index in [0.717, 1.165) is 18.7 Å². The Balaban J connectivity index is 1.78. The van der Waals surface area contributed by atoms with Crippen molar-refractivity contribution in [3.63, 3.8) is 0 Å². The van der Waals surface area contributed by atoms with Crippen molar-refractivity contribution in [2.24, 2.45) is 0 Å². The van der Waals surface area contributed by atoms with E-state index in [1.807, 2.05) is 31.0 Å². The highest BCUT2D eigenvalue weighted by Gasteiger charge is 2.28. The van der Waals surface area contributed by atoms with Gasteiger partial charge in [0.05, 0.1) is 4.92 Å². The fourth-order valence-corrected chi connectivity index (χ4v) is 2.77. The number of aryl methyl sites for hydroxylation is 1. The summed E-state index contributed by atoms with van der Waals surface area (Å²) in [5.41, 5.74) is 6.23. The first-order valence-corrected chi connectivity index (χ1v) is 8.51. The molecule has 142 valence electrons. The Labute approximate surface area is 156 Å². The van der Waals surface area contributed by atoms with E-state index in [1.54, 1.807) is 12.1 Å². The molecule has 10 nitrogen and oxygen atoms in total. The van der Waals surface area contributed by atoms with E-state index >= 15 is 0 Å². The van der Waals surface area contributed by atoms with Crippen LogP contribution in [0.1, 0.15) is 15.9 Å². The average molecular weight is 371 g/mol. The molecule has 0 unspecified atom stereocenters. The number of nitrogens with zero attached hydrogens (tertiary/aromatic N) is 5. The van der Waals surface area contributed by atoms with Crippen molar-refractivity contribution < 1.29 is 9.72 Å². The standard InChI is InChI=1S/C17H21N7O3/c1-12-3-5-13(6-4-12)17(25)21-20-15-14(24(26)27)16(19-11-18-15)23-9-7-22(2)8-10-23/h3-6,11H,7-10H2,1-2H3,(H,21,25)(H,18,19,20). The number of carbonyl (C=O) groups is 1. The summed E-state index contributed by atoms with van der Waals surface area (Å²) in [6.07, 6.45) is 1.25. The van der Waals surface area contributed by atoms with E-state index in [2.05, 4.69) is 25.7 Å². The Morgan fingerprint density at radius 1 is 1.15 bits per heavy atom. The molecule has 1 fully saturated rings. The smallest absolute Gasteiger partial charge is 0.348 e. The largest absolute Gasteiger partial charge is 0.355 e. The molecule has 10 heteroatoms. The first-order valence-electron chi connectivity index (χ1n) is 8.51. The monoisotopic (exact) mass is 371 g/mol. The number of hydrazine groups is 1. The van der Waals surface area contributed by atoms with Gasteiger partial charge in [-0.05, 0) is 26.1 Å². The van der Waals surface area contributed by atoms with Crippen molar-refractivity contribution in [2.75, 3.05) is 43.6 Å². The summed E-state index contributed by atoms with van der Waals surface area (Å²) in [7, 11) is 2.00. The van der Waals surface area contributed by atoms with Crippen LogP contribution in [-0.4, -0.2) is 58.9 Å². The highest BCUT2D eigenvalue weighted by Crippen LogP contribution is 2.31. The second kappa shape index (κ2) is 7.96. The summed E-state index contributed by atoms with van der Waals surface area (Å²) >= 11 is 0. The molecule has 1 aromatic heterocycles. The molecule has 27 heavy (non-hydrogen) atoms. The molecule has 2 aromatic rings. The molecule has 0 spiro atoms. The first kappa shape index (κ1) is 18.5. The Kier molecular flexibility index (Phi) is 5.46. The minimum Gasteiger partial charge on any atom is -0.348 e. The van der Waals surface area contributed by atoms with Crippen LogP contribution >= 0.6 is 0 Å². The third kappa shape index (κ3) is 4.29. The third-order valence-corrected chi connectivity index (χ3v) is 4.40. The van der Waals surface area contributed by atoms with Crippen LogP contribution in [-0.2, 0) is 0 Å². The van der Waals surface area contributed by atoms with Gasteiger partial charge in [0, 0.05) is 31.7 Å². The average Bonchev–Trinajstić information content (AvgIpc) is 2.66. The van der Waals surface area contributed by atoms with E-state index in [9.17, 15) is 14.9 Å². The number of nitro groups is 1. The molecule has 3 rings (SSSR count).